The molecule has 0 radical (unpaired) electrons. The lowest BCUT2D eigenvalue weighted by Gasteiger charge is -2.28. The van der Waals surface area contributed by atoms with Gasteiger partial charge in [0.1, 0.15) is 0 Å². The number of aromatic amines is 1. The van der Waals surface area contributed by atoms with Crippen molar-refractivity contribution in [3.05, 3.63) is 76.4 Å². The average Bonchev–Trinajstić information content (AvgIpc) is 3.11. The van der Waals surface area contributed by atoms with Crippen molar-refractivity contribution >= 4 is 17.5 Å². The first kappa shape index (κ1) is 15.0. The largest absolute Gasteiger partial charge is 0.334 e. The third kappa shape index (κ3) is 2.69. The highest BCUT2D eigenvalue weighted by molar-refractivity contribution is 6.30. The van der Waals surface area contributed by atoms with E-state index in [1.54, 1.807) is 6.20 Å². The van der Waals surface area contributed by atoms with E-state index in [1.807, 2.05) is 41.3 Å². The molecule has 1 aromatic heterocycles. The number of hydrogen-bond donors (Lipinski definition) is 1. The van der Waals surface area contributed by atoms with Crippen molar-refractivity contribution in [1.82, 2.24) is 15.1 Å². The van der Waals surface area contributed by atoms with Gasteiger partial charge in [-0.1, -0.05) is 48.0 Å². The van der Waals surface area contributed by atoms with Crippen LogP contribution in [0.5, 0.6) is 0 Å². The van der Waals surface area contributed by atoms with E-state index in [2.05, 4.69) is 22.3 Å². The quantitative estimate of drug-likeness (QED) is 0.770. The fourth-order valence-electron chi connectivity index (χ4n) is 3.12. The minimum atomic E-state index is 0.00297. The van der Waals surface area contributed by atoms with Gasteiger partial charge in [0, 0.05) is 23.7 Å². The number of halogens is 1. The first-order valence-electron chi connectivity index (χ1n) is 7.88. The zero-order valence-corrected chi connectivity index (χ0v) is 13.8. The SMILES string of the molecule is O=C(c1cn[nH]c1-c1ccc(Cl)cc1)N1CCc2ccccc2C1. The zero-order chi connectivity index (χ0) is 16.5. The van der Waals surface area contributed by atoms with Crippen molar-refractivity contribution in [2.24, 2.45) is 0 Å². The maximum absolute atomic E-state index is 13.0. The molecule has 0 unspecified atom stereocenters. The Labute approximate surface area is 145 Å². The molecule has 1 aliphatic heterocycles. The van der Waals surface area contributed by atoms with Gasteiger partial charge in [-0.25, -0.2) is 0 Å². The van der Waals surface area contributed by atoms with Gasteiger partial charge >= 0.3 is 0 Å². The topological polar surface area (TPSA) is 49.0 Å². The van der Waals surface area contributed by atoms with E-state index in [-0.39, 0.29) is 5.91 Å². The maximum Gasteiger partial charge on any atom is 0.257 e. The number of hydrogen-bond acceptors (Lipinski definition) is 2. The second-order valence-electron chi connectivity index (χ2n) is 5.91. The van der Waals surface area contributed by atoms with E-state index in [1.165, 1.54) is 11.1 Å². The van der Waals surface area contributed by atoms with Crippen molar-refractivity contribution in [3.8, 4) is 11.3 Å². The molecule has 2 heterocycles. The van der Waals surface area contributed by atoms with Crippen LogP contribution in [0.1, 0.15) is 21.5 Å². The van der Waals surface area contributed by atoms with Crippen LogP contribution in [0.25, 0.3) is 11.3 Å². The summed E-state index contributed by atoms with van der Waals surface area (Å²) in [5.41, 5.74) is 4.77. The lowest BCUT2D eigenvalue weighted by molar-refractivity contribution is 0.0735. The summed E-state index contributed by atoms with van der Waals surface area (Å²) in [5.74, 6) is 0.00297. The van der Waals surface area contributed by atoms with Crippen molar-refractivity contribution in [2.45, 2.75) is 13.0 Å². The Morgan fingerprint density at radius 1 is 1.08 bits per heavy atom. The van der Waals surface area contributed by atoms with E-state index in [9.17, 15) is 4.79 Å². The number of H-pyrrole nitrogens is 1. The normalized spacial score (nSPS) is 13.6. The van der Waals surface area contributed by atoms with E-state index in [4.69, 9.17) is 11.6 Å². The highest BCUT2D eigenvalue weighted by atomic mass is 35.5. The Kier molecular flexibility index (Phi) is 3.82. The van der Waals surface area contributed by atoms with Crippen molar-refractivity contribution in [1.29, 1.82) is 0 Å². The predicted octanol–water partition coefficient (Wildman–Crippen LogP) is 3.93. The molecule has 0 saturated carbocycles. The predicted molar refractivity (Wildman–Crippen MR) is 93.9 cm³/mol. The number of amides is 1. The minimum Gasteiger partial charge on any atom is -0.334 e. The number of aromatic nitrogens is 2. The summed E-state index contributed by atoms with van der Waals surface area (Å²) in [4.78, 5) is 14.9. The molecular weight excluding hydrogens is 322 g/mol. The Balaban J connectivity index is 1.62. The third-order valence-electron chi connectivity index (χ3n) is 4.42. The zero-order valence-electron chi connectivity index (χ0n) is 13.0. The van der Waals surface area contributed by atoms with Crippen molar-refractivity contribution < 1.29 is 4.79 Å². The van der Waals surface area contributed by atoms with Crippen LogP contribution in [-0.4, -0.2) is 27.5 Å². The number of nitrogens with one attached hydrogen (secondary N) is 1. The highest BCUT2D eigenvalue weighted by Gasteiger charge is 2.24. The van der Waals surface area contributed by atoms with Crippen molar-refractivity contribution in [3.63, 3.8) is 0 Å². The summed E-state index contributed by atoms with van der Waals surface area (Å²) in [7, 11) is 0. The number of fused-ring (bicyclic) bond motifs is 1. The molecule has 0 atom stereocenters. The summed E-state index contributed by atoms with van der Waals surface area (Å²) in [5, 5.41) is 7.68. The lowest BCUT2D eigenvalue weighted by Crippen LogP contribution is -2.36. The number of rotatable bonds is 2. The second kappa shape index (κ2) is 6.13. The second-order valence-corrected chi connectivity index (χ2v) is 6.35. The Morgan fingerprint density at radius 2 is 1.83 bits per heavy atom. The van der Waals surface area contributed by atoms with Gasteiger partial charge in [0.05, 0.1) is 17.5 Å². The molecule has 3 aromatic rings. The molecule has 0 spiro atoms. The van der Waals surface area contributed by atoms with Gasteiger partial charge in [0.25, 0.3) is 5.91 Å². The molecule has 2 aromatic carbocycles. The molecule has 0 saturated heterocycles. The third-order valence-corrected chi connectivity index (χ3v) is 4.67. The lowest BCUT2D eigenvalue weighted by atomic mass is 9.99. The number of carbonyl (C=O) groups excluding carboxylic acids is 1. The van der Waals surface area contributed by atoms with Gasteiger partial charge in [0.2, 0.25) is 0 Å². The monoisotopic (exact) mass is 337 g/mol. The number of carbonyl (C=O) groups is 1. The molecule has 4 rings (SSSR count). The highest BCUT2D eigenvalue weighted by Crippen LogP contribution is 2.26. The summed E-state index contributed by atoms with van der Waals surface area (Å²) >= 11 is 5.94. The molecular formula is C19H16ClN3O. The Hall–Kier alpha value is -2.59. The smallest absolute Gasteiger partial charge is 0.257 e. The molecule has 5 heteroatoms. The van der Waals surface area contributed by atoms with Crippen LogP contribution in [0, 0.1) is 0 Å². The van der Waals surface area contributed by atoms with E-state index in [0.717, 1.165) is 24.2 Å². The van der Waals surface area contributed by atoms with Crippen LogP contribution >= 0.6 is 11.6 Å². The molecule has 120 valence electrons. The standard InChI is InChI=1S/C19H16ClN3O/c20-16-7-5-14(6-8-16)18-17(11-21-22-18)19(24)23-10-9-13-3-1-2-4-15(13)12-23/h1-8,11H,9-10,12H2,(H,21,22). The van der Waals surface area contributed by atoms with Gasteiger partial charge in [-0.15, -0.1) is 0 Å². The molecule has 4 nitrogen and oxygen atoms in total. The summed E-state index contributed by atoms with van der Waals surface area (Å²) in [6.45, 7) is 1.36. The van der Waals surface area contributed by atoms with Crippen LogP contribution in [-0.2, 0) is 13.0 Å². The van der Waals surface area contributed by atoms with Gasteiger partial charge < -0.3 is 4.90 Å². The summed E-state index contributed by atoms with van der Waals surface area (Å²) in [6, 6.07) is 15.7. The molecule has 1 N–H and O–H groups in total. The van der Waals surface area contributed by atoms with Crippen molar-refractivity contribution in [2.75, 3.05) is 6.54 Å². The molecule has 1 amide bonds. The van der Waals surface area contributed by atoms with Crippen LogP contribution in [0.3, 0.4) is 0 Å². The average molecular weight is 338 g/mol. The van der Waals surface area contributed by atoms with Gasteiger partial charge in [-0.05, 0) is 29.7 Å². The first-order valence-corrected chi connectivity index (χ1v) is 8.25. The minimum absolute atomic E-state index is 0.00297. The Bertz CT molecular complexity index is 886. The van der Waals surface area contributed by atoms with Crippen LogP contribution in [0.2, 0.25) is 5.02 Å². The summed E-state index contributed by atoms with van der Waals surface area (Å²) < 4.78 is 0. The van der Waals surface area contributed by atoms with E-state index >= 15 is 0 Å². The Morgan fingerprint density at radius 3 is 2.62 bits per heavy atom. The van der Waals surface area contributed by atoms with Crippen LogP contribution in [0.4, 0.5) is 0 Å². The number of benzene rings is 2. The molecule has 0 bridgehead atoms. The molecule has 24 heavy (non-hydrogen) atoms. The maximum atomic E-state index is 13.0. The molecule has 0 aliphatic carbocycles. The molecule has 1 aliphatic rings. The van der Waals surface area contributed by atoms with Gasteiger partial charge in [-0.3, -0.25) is 9.89 Å². The first-order chi connectivity index (χ1) is 11.7. The van der Waals surface area contributed by atoms with Gasteiger partial charge in [0.15, 0.2) is 0 Å². The van der Waals surface area contributed by atoms with E-state index in [0.29, 0.717) is 17.1 Å². The number of nitrogens with zero attached hydrogens (tertiary/aromatic N) is 2. The summed E-state index contributed by atoms with van der Waals surface area (Å²) in [6.07, 6.45) is 2.49. The molecule has 0 fully saturated rings. The van der Waals surface area contributed by atoms with Gasteiger partial charge in [-0.2, -0.15) is 5.10 Å². The fraction of sp³-hybridized carbons (Fsp3) is 0.158. The van der Waals surface area contributed by atoms with E-state index < -0.39 is 0 Å². The van der Waals surface area contributed by atoms with Crippen LogP contribution < -0.4 is 0 Å². The fourth-order valence-corrected chi connectivity index (χ4v) is 3.25. The van der Waals surface area contributed by atoms with Crippen LogP contribution in [0.15, 0.2) is 54.7 Å².